The summed E-state index contributed by atoms with van der Waals surface area (Å²) >= 11 is 0. The Bertz CT molecular complexity index is 613. The first-order chi connectivity index (χ1) is 10.2. The molecule has 2 aromatic rings. The van der Waals surface area contributed by atoms with E-state index in [4.69, 9.17) is 4.74 Å². The maximum absolute atomic E-state index is 12.1. The van der Waals surface area contributed by atoms with Gasteiger partial charge in [0, 0.05) is 25.0 Å². The molecule has 1 saturated heterocycles. The summed E-state index contributed by atoms with van der Waals surface area (Å²) in [5, 5.41) is 7.23. The molecule has 1 aromatic heterocycles. The molecule has 1 aliphatic heterocycles. The number of rotatable bonds is 3. The molecule has 0 atom stereocenters. The summed E-state index contributed by atoms with van der Waals surface area (Å²) in [7, 11) is 0. The van der Waals surface area contributed by atoms with Crippen molar-refractivity contribution in [2.24, 2.45) is 0 Å². The van der Waals surface area contributed by atoms with Gasteiger partial charge in [-0.1, -0.05) is 17.7 Å². The second-order valence-corrected chi connectivity index (χ2v) is 5.37. The zero-order chi connectivity index (χ0) is 14.7. The van der Waals surface area contributed by atoms with Crippen LogP contribution in [-0.4, -0.2) is 28.9 Å². The van der Waals surface area contributed by atoms with Crippen LogP contribution in [0.2, 0.25) is 0 Å². The smallest absolute Gasteiger partial charge is 0.255 e. The number of hydrogen-bond acceptors (Lipinski definition) is 3. The summed E-state index contributed by atoms with van der Waals surface area (Å²) in [6.07, 6.45) is 5.52. The Labute approximate surface area is 123 Å². The Kier molecular flexibility index (Phi) is 4.01. The molecule has 5 heteroatoms. The largest absolute Gasteiger partial charge is 0.381 e. The first kappa shape index (κ1) is 13.8. The monoisotopic (exact) mass is 285 g/mol. The predicted molar refractivity (Wildman–Crippen MR) is 80.4 cm³/mol. The van der Waals surface area contributed by atoms with Crippen molar-refractivity contribution in [1.29, 1.82) is 0 Å². The number of amides is 1. The number of hydrogen-bond donors (Lipinski definition) is 1. The van der Waals surface area contributed by atoms with Crippen molar-refractivity contribution in [1.82, 2.24) is 9.78 Å². The summed E-state index contributed by atoms with van der Waals surface area (Å²) in [6, 6.07) is 7.88. The number of carbonyl (C=O) groups excluding carboxylic acids is 1. The Balaban J connectivity index is 1.66. The summed E-state index contributed by atoms with van der Waals surface area (Å²) in [6.45, 7) is 3.55. The zero-order valence-corrected chi connectivity index (χ0v) is 12.1. The van der Waals surface area contributed by atoms with Crippen molar-refractivity contribution in [2.45, 2.75) is 25.8 Å². The molecule has 1 N–H and O–H groups in total. The fourth-order valence-corrected chi connectivity index (χ4v) is 2.46. The van der Waals surface area contributed by atoms with Crippen molar-refractivity contribution in [2.75, 3.05) is 18.5 Å². The third-order valence-corrected chi connectivity index (χ3v) is 3.74. The lowest BCUT2D eigenvalue weighted by atomic mass is 10.1. The van der Waals surface area contributed by atoms with Crippen LogP contribution in [-0.2, 0) is 4.74 Å². The van der Waals surface area contributed by atoms with Gasteiger partial charge in [-0.25, -0.2) is 0 Å². The first-order valence-electron chi connectivity index (χ1n) is 7.22. The van der Waals surface area contributed by atoms with Gasteiger partial charge < -0.3 is 10.1 Å². The lowest BCUT2D eigenvalue weighted by molar-refractivity contribution is 0.0662. The van der Waals surface area contributed by atoms with Crippen molar-refractivity contribution in [3.63, 3.8) is 0 Å². The van der Waals surface area contributed by atoms with Crippen LogP contribution >= 0.6 is 0 Å². The maximum Gasteiger partial charge on any atom is 0.255 e. The summed E-state index contributed by atoms with van der Waals surface area (Å²) in [4.78, 5) is 12.1. The van der Waals surface area contributed by atoms with Crippen LogP contribution in [0, 0.1) is 6.92 Å². The van der Waals surface area contributed by atoms with E-state index in [1.807, 2.05) is 42.1 Å². The Hall–Kier alpha value is -2.14. The number of anilines is 1. The molecule has 0 bridgehead atoms. The van der Waals surface area contributed by atoms with Crippen molar-refractivity contribution in [3.05, 3.63) is 47.8 Å². The first-order valence-corrected chi connectivity index (χ1v) is 7.22. The van der Waals surface area contributed by atoms with E-state index in [0.29, 0.717) is 11.6 Å². The van der Waals surface area contributed by atoms with Crippen LogP contribution < -0.4 is 5.32 Å². The van der Waals surface area contributed by atoms with Crippen molar-refractivity contribution >= 4 is 11.6 Å². The van der Waals surface area contributed by atoms with E-state index in [9.17, 15) is 4.79 Å². The lowest BCUT2D eigenvalue weighted by Gasteiger charge is -2.22. The molecule has 0 aliphatic carbocycles. The quantitative estimate of drug-likeness (QED) is 0.943. The standard InChI is InChI=1S/C16H19N3O2/c1-12-2-4-13(5-3-12)16(20)18-14-10-17-19(11-14)15-6-8-21-9-7-15/h2-5,10-11,15H,6-9H2,1H3,(H,18,20). The molecule has 0 unspecified atom stereocenters. The SMILES string of the molecule is Cc1ccc(C(=O)Nc2cnn(C3CCOCC3)c2)cc1. The van der Waals surface area contributed by atoms with E-state index in [-0.39, 0.29) is 5.91 Å². The van der Waals surface area contributed by atoms with Gasteiger partial charge in [-0.2, -0.15) is 5.10 Å². The van der Waals surface area contributed by atoms with Crippen LogP contribution in [0.5, 0.6) is 0 Å². The number of ether oxygens (including phenoxy) is 1. The Morgan fingerprint density at radius 1 is 1.29 bits per heavy atom. The second kappa shape index (κ2) is 6.10. The van der Waals surface area contributed by atoms with Gasteiger partial charge in [0.1, 0.15) is 0 Å². The highest BCUT2D eigenvalue weighted by Crippen LogP contribution is 2.21. The molecular weight excluding hydrogens is 266 g/mol. The topological polar surface area (TPSA) is 56.2 Å². The number of aryl methyl sites for hydroxylation is 1. The van der Waals surface area contributed by atoms with E-state index in [2.05, 4.69) is 10.4 Å². The van der Waals surface area contributed by atoms with Crippen molar-refractivity contribution in [3.8, 4) is 0 Å². The fraction of sp³-hybridized carbons (Fsp3) is 0.375. The molecular formula is C16H19N3O2. The van der Waals surface area contributed by atoms with Gasteiger partial charge in [-0.15, -0.1) is 0 Å². The molecule has 1 aliphatic rings. The highest BCUT2D eigenvalue weighted by Gasteiger charge is 2.17. The number of carbonyl (C=O) groups is 1. The van der Waals surface area contributed by atoms with Gasteiger partial charge in [0.05, 0.1) is 17.9 Å². The lowest BCUT2D eigenvalue weighted by Crippen LogP contribution is -2.19. The van der Waals surface area contributed by atoms with E-state index >= 15 is 0 Å². The minimum absolute atomic E-state index is 0.110. The molecule has 5 nitrogen and oxygen atoms in total. The maximum atomic E-state index is 12.1. The summed E-state index contributed by atoms with van der Waals surface area (Å²) < 4.78 is 7.27. The molecule has 21 heavy (non-hydrogen) atoms. The van der Waals surface area contributed by atoms with Crippen LogP contribution in [0.4, 0.5) is 5.69 Å². The van der Waals surface area contributed by atoms with Gasteiger partial charge in [-0.3, -0.25) is 9.48 Å². The second-order valence-electron chi connectivity index (χ2n) is 5.37. The van der Waals surface area contributed by atoms with Gasteiger partial charge in [0.15, 0.2) is 0 Å². The van der Waals surface area contributed by atoms with E-state index in [1.54, 1.807) is 6.20 Å². The molecule has 1 fully saturated rings. The fourth-order valence-electron chi connectivity index (χ4n) is 2.46. The Morgan fingerprint density at radius 3 is 2.71 bits per heavy atom. The van der Waals surface area contributed by atoms with Gasteiger partial charge >= 0.3 is 0 Å². The van der Waals surface area contributed by atoms with E-state index < -0.39 is 0 Å². The number of nitrogens with one attached hydrogen (secondary N) is 1. The average molecular weight is 285 g/mol. The van der Waals surface area contributed by atoms with Crippen LogP contribution in [0.15, 0.2) is 36.7 Å². The number of aromatic nitrogens is 2. The minimum atomic E-state index is -0.110. The summed E-state index contributed by atoms with van der Waals surface area (Å²) in [5.74, 6) is -0.110. The number of benzene rings is 1. The van der Waals surface area contributed by atoms with Crippen LogP contribution in [0.25, 0.3) is 0 Å². The normalized spacial score (nSPS) is 15.9. The molecule has 2 heterocycles. The van der Waals surface area contributed by atoms with Crippen LogP contribution in [0.3, 0.4) is 0 Å². The Morgan fingerprint density at radius 2 is 2.00 bits per heavy atom. The molecule has 0 spiro atoms. The number of nitrogens with zero attached hydrogens (tertiary/aromatic N) is 2. The third-order valence-electron chi connectivity index (χ3n) is 3.74. The minimum Gasteiger partial charge on any atom is -0.381 e. The molecule has 1 aromatic carbocycles. The van der Waals surface area contributed by atoms with Gasteiger partial charge in [-0.05, 0) is 31.9 Å². The van der Waals surface area contributed by atoms with E-state index in [1.165, 1.54) is 0 Å². The molecule has 1 amide bonds. The molecule has 0 saturated carbocycles. The van der Waals surface area contributed by atoms with E-state index in [0.717, 1.165) is 37.3 Å². The third kappa shape index (κ3) is 3.31. The zero-order valence-electron chi connectivity index (χ0n) is 12.1. The van der Waals surface area contributed by atoms with Gasteiger partial charge in [0.25, 0.3) is 5.91 Å². The predicted octanol–water partition coefficient (Wildman–Crippen LogP) is 2.80. The van der Waals surface area contributed by atoms with Crippen molar-refractivity contribution < 1.29 is 9.53 Å². The molecule has 110 valence electrons. The summed E-state index contributed by atoms with van der Waals surface area (Å²) in [5.41, 5.74) is 2.52. The molecule has 3 rings (SSSR count). The molecule has 0 radical (unpaired) electrons. The highest BCUT2D eigenvalue weighted by atomic mass is 16.5. The highest BCUT2D eigenvalue weighted by molar-refractivity contribution is 6.04. The van der Waals surface area contributed by atoms with Crippen LogP contribution in [0.1, 0.15) is 34.8 Å². The van der Waals surface area contributed by atoms with Gasteiger partial charge in [0.2, 0.25) is 0 Å². The average Bonchev–Trinajstić information content (AvgIpc) is 2.97.